The molecular weight excluding hydrogens is 224 g/mol. The zero-order chi connectivity index (χ0) is 11.6. The highest BCUT2D eigenvalue weighted by molar-refractivity contribution is 6.32. The molecule has 15 heavy (non-hydrogen) atoms. The number of nitrogens with zero attached hydrogens (tertiary/aromatic N) is 1. The Bertz CT molecular complexity index is 396. The minimum atomic E-state index is -0.874. The van der Waals surface area contributed by atoms with Gasteiger partial charge in [-0.1, -0.05) is 11.6 Å². The molecule has 1 rings (SSSR count). The van der Waals surface area contributed by atoms with Crippen LogP contribution in [0, 0.1) is 10.1 Å². The molecule has 0 fully saturated rings. The molecule has 1 aromatic carbocycles. The molecule has 0 amide bonds. The quantitative estimate of drug-likeness (QED) is 0.531. The van der Waals surface area contributed by atoms with Crippen molar-refractivity contribution in [2.24, 2.45) is 5.73 Å². The monoisotopic (exact) mass is 232 g/mol. The Morgan fingerprint density at radius 2 is 2.20 bits per heavy atom. The van der Waals surface area contributed by atoms with Crippen molar-refractivity contribution in [1.82, 2.24) is 0 Å². The van der Waals surface area contributed by atoms with Crippen LogP contribution in [-0.4, -0.2) is 21.7 Å². The number of phenols is 1. The summed E-state index contributed by atoms with van der Waals surface area (Å²) in [6.07, 6.45) is 0. The van der Waals surface area contributed by atoms with Crippen molar-refractivity contribution in [3.05, 3.63) is 32.8 Å². The number of nitro benzene ring substituents is 1. The van der Waals surface area contributed by atoms with Crippen LogP contribution in [0.15, 0.2) is 12.1 Å². The molecular formula is C8H9ClN2O4. The second-order valence-corrected chi connectivity index (χ2v) is 3.32. The maximum Gasteiger partial charge on any atom is 0.288 e. The van der Waals surface area contributed by atoms with Gasteiger partial charge in [0, 0.05) is 17.7 Å². The number of aromatic hydroxyl groups is 1. The average molecular weight is 233 g/mol. The molecule has 0 spiro atoms. The number of aliphatic hydroxyl groups excluding tert-OH is 1. The molecule has 0 saturated heterocycles. The molecule has 0 aliphatic heterocycles. The normalized spacial score (nSPS) is 12.5. The third kappa shape index (κ3) is 2.35. The Morgan fingerprint density at radius 1 is 1.60 bits per heavy atom. The lowest BCUT2D eigenvalue weighted by Crippen LogP contribution is -2.14. The van der Waals surface area contributed by atoms with Crippen molar-refractivity contribution in [2.75, 3.05) is 6.61 Å². The Balaban J connectivity index is 3.29. The molecule has 0 bridgehead atoms. The predicted molar refractivity (Wildman–Crippen MR) is 53.8 cm³/mol. The van der Waals surface area contributed by atoms with Gasteiger partial charge in [0.15, 0.2) is 0 Å². The van der Waals surface area contributed by atoms with Crippen LogP contribution in [0.5, 0.6) is 5.75 Å². The second kappa shape index (κ2) is 4.43. The molecule has 0 aromatic heterocycles. The molecule has 0 saturated carbocycles. The fourth-order valence-electron chi connectivity index (χ4n) is 1.10. The molecule has 0 unspecified atom stereocenters. The summed E-state index contributed by atoms with van der Waals surface area (Å²) in [5.74, 6) is -0.271. The Hall–Kier alpha value is -1.37. The van der Waals surface area contributed by atoms with Gasteiger partial charge in [-0.25, -0.2) is 0 Å². The molecule has 0 aliphatic rings. The van der Waals surface area contributed by atoms with E-state index >= 15 is 0 Å². The first-order valence-corrected chi connectivity index (χ1v) is 4.38. The average Bonchev–Trinajstić information content (AvgIpc) is 2.16. The van der Waals surface area contributed by atoms with Gasteiger partial charge in [0.2, 0.25) is 0 Å². The summed E-state index contributed by atoms with van der Waals surface area (Å²) in [6, 6.07) is 1.21. The highest BCUT2D eigenvalue weighted by Crippen LogP contribution is 2.33. The van der Waals surface area contributed by atoms with E-state index in [1.165, 1.54) is 0 Å². The fraction of sp³-hybridized carbons (Fsp3) is 0.250. The molecule has 1 aromatic rings. The first-order chi connectivity index (χ1) is 6.97. The van der Waals surface area contributed by atoms with E-state index < -0.39 is 17.6 Å². The topological polar surface area (TPSA) is 110 Å². The van der Waals surface area contributed by atoms with E-state index in [4.69, 9.17) is 22.4 Å². The van der Waals surface area contributed by atoms with Crippen LogP contribution in [0.4, 0.5) is 5.69 Å². The fourth-order valence-corrected chi connectivity index (χ4v) is 1.33. The third-order valence-electron chi connectivity index (χ3n) is 1.89. The van der Waals surface area contributed by atoms with Crippen molar-refractivity contribution in [3.8, 4) is 5.75 Å². The number of nitro groups is 1. The van der Waals surface area contributed by atoms with Crippen LogP contribution in [0.1, 0.15) is 11.6 Å². The molecule has 6 nitrogen and oxygen atoms in total. The van der Waals surface area contributed by atoms with Gasteiger partial charge in [-0.2, -0.15) is 0 Å². The van der Waals surface area contributed by atoms with E-state index in [1.54, 1.807) is 0 Å². The van der Waals surface area contributed by atoms with E-state index in [2.05, 4.69) is 0 Å². The van der Waals surface area contributed by atoms with E-state index in [-0.39, 0.29) is 22.0 Å². The highest BCUT2D eigenvalue weighted by atomic mass is 35.5. The zero-order valence-corrected chi connectivity index (χ0v) is 8.31. The first-order valence-electron chi connectivity index (χ1n) is 4.00. The number of halogens is 1. The largest absolute Gasteiger partial charge is 0.508 e. The Morgan fingerprint density at radius 3 is 2.67 bits per heavy atom. The number of nitrogens with two attached hydrogens (primary N) is 1. The van der Waals surface area contributed by atoms with Crippen LogP contribution in [0.2, 0.25) is 5.02 Å². The van der Waals surface area contributed by atoms with E-state index in [0.717, 1.165) is 12.1 Å². The van der Waals surface area contributed by atoms with Gasteiger partial charge in [-0.15, -0.1) is 0 Å². The molecule has 0 heterocycles. The maximum atomic E-state index is 10.5. The van der Waals surface area contributed by atoms with Crippen molar-refractivity contribution in [1.29, 1.82) is 0 Å². The van der Waals surface area contributed by atoms with Crippen LogP contribution >= 0.6 is 11.6 Å². The Labute approximate surface area is 90.0 Å². The van der Waals surface area contributed by atoms with Gasteiger partial charge in [0.25, 0.3) is 5.69 Å². The van der Waals surface area contributed by atoms with Gasteiger partial charge in [-0.05, 0) is 0 Å². The first kappa shape index (κ1) is 11.7. The summed E-state index contributed by atoms with van der Waals surface area (Å²) in [7, 11) is 0. The molecule has 7 heteroatoms. The number of phenolic OH excluding ortho intramolecular Hbond substituents is 1. The van der Waals surface area contributed by atoms with Crippen LogP contribution in [0.3, 0.4) is 0 Å². The third-order valence-corrected chi connectivity index (χ3v) is 2.19. The summed E-state index contributed by atoms with van der Waals surface area (Å²) in [4.78, 5) is 9.85. The number of hydrogen-bond donors (Lipinski definition) is 3. The predicted octanol–water partition coefficient (Wildman–Crippen LogP) is 0.946. The molecule has 0 radical (unpaired) electrons. The number of benzene rings is 1. The van der Waals surface area contributed by atoms with Crippen molar-refractivity contribution in [3.63, 3.8) is 0 Å². The smallest absolute Gasteiger partial charge is 0.288 e. The summed E-state index contributed by atoms with van der Waals surface area (Å²) in [5, 5.41) is 28.5. The summed E-state index contributed by atoms with van der Waals surface area (Å²) in [5.41, 5.74) is 5.18. The summed E-state index contributed by atoms with van der Waals surface area (Å²) < 4.78 is 0. The number of hydrogen-bond acceptors (Lipinski definition) is 5. The van der Waals surface area contributed by atoms with E-state index in [9.17, 15) is 15.2 Å². The highest BCUT2D eigenvalue weighted by Gasteiger charge is 2.19. The van der Waals surface area contributed by atoms with E-state index in [1.807, 2.05) is 0 Å². The standard InChI is InChI=1S/C8H9ClN2O4/c9-5-2-8(13)4(6(10)3-12)1-7(5)11(14)15/h1-2,6,12-13H,3,10H2/t6-/m0/s1. The van der Waals surface area contributed by atoms with Gasteiger partial charge in [0.05, 0.1) is 17.6 Å². The molecule has 1 atom stereocenters. The van der Waals surface area contributed by atoms with Crippen LogP contribution in [0.25, 0.3) is 0 Å². The minimum Gasteiger partial charge on any atom is -0.508 e. The summed E-state index contributed by atoms with van der Waals surface area (Å²) >= 11 is 5.54. The Kier molecular flexibility index (Phi) is 3.46. The van der Waals surface area contributed by atoms with Gasteiger partial charge in [-0.3, -0.25) is 10.1 Å². The van der Waals surface area contributed by atoms with Crippen LogP contribution in [-0.2, 0) is 0 Å². The van der Waals surface area contributed by atoms with Crippen molar-refractivity contribution in [2.45, 2.75) is 6.04 Å². The van der Waals surface area contributed by atoms with E-state index in [0.29, 0.717) is 0 Å². The lowest BCUT2D eigenvalue weighted by Gasteiger charge is -2.10. The van der Waals surface area contributed by atoms with Crippen LogP contribution < -0.4 is 5.73 Å². The summed E-state index contributed by atoms with van der Waals surface area (Å²) in [6.45, 7) is -0.424. The lowest BCUT2D eigenvalue weighted by molar-refractivity contribution is -0.384. The molecule has 4 N–H and O–H groups in total. The lowest BCUT2D eigenvalue weighted by atomic mass is 10.1. The van der Waals surface area contributed by atoms with Crippen molar-refractivity contribution < 1.29 is 15.1 Å². The molecule has 82 valence electrons. The van der Waals surface area contributed by atoms with Gasteiger partial charge >= 0.3 is 0 Å². The number of aliphatic hydroxyl groups is 1. The second-order valence-electron chi connectivity index (χ2n) is 2.91. The zero-order valence-electron chi connectivity index (χ0n) is 7.55. The van der Waals surface area contributed by atoms with Gasteiger partial charge < -0.3 is 15.9 Å². The number of rotatable bonds is 3. The maximum absolute atomic E-state index is 10.5. The van der Waals surface area contributed by atoms with Gasteiger partial charge in [0.1, 0.15) is 10.8 Å². The SMILES string of the molecule is N[C@@H](CO)c1cc([N+](=O)[O-])c(Cl)cc1O. The molecule has 0 aliphatic carbocycles. The van der Waals surface area contributed by atoms with Crippen molar-refractivity contribution >= 4 is 17.3 Å². The minimum absolute atomic E-state index is 0.0913.